The van der Waals surface area contributed by atoms with Crippen LogP contribution in [0, 0.1) is 5.41 Å². The number of rotatable bonds is 5. The SMILES string of the molecule is NCC1(C(=O)Nc2ccc(/C=C/C(=O)O)cc2)CCC1. The number of nitrogens with one attached hydrogen (secondary N) is 1. The maximum atomic E-state index is 12.2. The molecule has 0 bridgehead atoms. The number of carboxylic acid groups (broad SMARTS) is 1. The Bertz CT molecular complexity index is 525. The number of benzene rings is 1. The molecule has 5 heteroatoms. The molecule has 0 heterocycles. The van der Waals surface area contributed by atoms with Gasteiger partial charge in [0.1, 0.15) is 0 Å². The summed E-state index contributed by atoms with van der Waals surface area (Å²) in [7, 11) is 0. The smallest absolute Gasteiger partial charge is 0.328 e. The zero-order chi connectivity index (χ0) is 14.6. The lowest BCUT2D eigenvalue weighted by molar-refractivity contribution is -0.131. The van der Waals surface area contributed by atoms with E-state index in [1.165, 1.54) is 6.08 Å². The highest BCUT2D eigenvalue weighted by Gasteiger charge is 2.42. The van der Waals surface area contributed by atoms with Crippen LogP contribution in [0.3, 0.4) is 0 Å². The molecule has 1 amide bonds. The minimum Gasteiger partial charge on any atom is -0.478 e. The number of hydrogen-bond acceptors (Lipinski definition) is 3. The summed E-state index contributed by atoms with van der Waals surface area (Å²) in [6.07, 6.45) is 5.31. The van der Waals surface area contributed by atoms with Crippen molar-refractivity contribution in [2.45, 2.75) is 19.3 Å². The summed E-state index contributed by atoms with van der Waals surface area (Å²) in [5.41, 5.74) is 6.75. The molecule has 0 spiro atoms. The van der Waals surface area contributed by atoms with Gasteiger partial charge in [-0.25, -0.2) is 4.79 Å². The summed E-state index contributed by atoms with van der Waals surface area (Å²) in [6.45, 7) is 0.373. The lowest BCUT2D eigenvalue weighted by Crippen LogP contribution is -2.47. The van der Waals surface area contributed by atoms with E-state index in [4.69, 9.17) is 10.8 Å². The molecule has 1 aromatic rings. The second-order valence-electron chi connectivity index (χ2n) is 5.09. The first-order valence-corrected chi connectivity index (χ1v) is 6.58. The second kappa shape index (κ2) is 5.88. The van der Waals surface area contributed by atoms with Crippen LogP contribution in [0.2, 0.25) is 0 Å². The van der Waals surface area contributed by atoms with Gasteiger partial charge < -0.3 is 16.2 Å². The molecule has 1 aliphatic carbocycles. The fourth-order valence-electron chi connectivity index (χ4n) is 2.24. The maximum Gasteiger partial charge on any atom is 0.328 e. The molecule has 20 heavy (non-hydrogen) atoms. The fraction of sp³-hybridized carbons (Fsp3) is 0.333. The number of hydrogen-bond donors (Lipinski definition) is 3. The average Bonchev–Trinajstić information content (AvgIpc) is 2.37. The summed E-state index contributed by atoms with van der Waals surface area (Å²) in [4.78, 5) is 22.6. The van der Waals surface area contributed by atoms with Crippen molar-refractivity contribution in [1.29, 1.82) is 0 Å². The number of nitrogens with two attached hydrogens (primary N) is 1. The number of anilines is 1. The van der Waals surface area contributed by atoms with Crippen molar-refractivity contribution < 1.29 is 14.7 Å². The van der Waals surface area contributed by atoms with Crippen molar-refractivity contribution in [2.75, 3.05) is 11.9 Å². The molecule has 1 saturated carbocycles. The van der Waals surface area contributed by atoms with Crippen molar-refractivity contribution in [3.63, 3.8) is 0 Å². The Morgan fingerprint density at radius 3 is 2.40 bits per heavy atom. The Kier molecular flexibility index (Phi) is 4.20. The van der Waals surface area contributed by atoms with E-state index in [0.29, 0.717) is 12.2 Å². The van der Waals surface area contributed by atoms with Crippen molar-refractivity contribution in [2.24, 2.45) is 11.1 Å². The largest absolute Gasteiger partial charge is 0.478 e. The molecule has 1 aromatic carbocycles. The van der Waals surface area contributed by atoms with E-state index in [9.17, 15) is 9.59 Å². The molecule has 0 aliphatic heterocycles. The van der Waals surface area contributed by atoms with E-state index in [1.54, 1.807) is 24.3 Å². The molecular weight excluding hydrogens is 256 g/mol. The third kappa shape index (κ3) is 3.05. The van der Waals surface area contributed by atoms with Crippen LogP contribution < -0.4 is 11.1 Å². The first-order chi connectivity index (χ1) is 9.55. The van der Waals surface area contributed by atoms with Crippen molar-refractivity contribution in [3.8, 4) is 0 Å². The van der Waals surface area contributed by atoms with E-state index in [-0.39, 0.29) is 5.91 Å². The Morgan fingerprint density at radius 1 is 1.30 bits per heavy atom. The highest BCUT2D eigenvalue weighted by Crippen LogP contribution is 2.40. The van der Waals surface area contributed by atoms with E-state index in [2.05, 4.69) is 5.32 Å². The minimum absolute atomic E-state index is 0.0277. The normalized spacial score (nSPS) is 16.6. The van der Waals surface area contributed by atoms with Crippen LogP contribution >= 0.6 is 0 Å². The Balaban J connectivity index is 2.00. The number of carboxylic acids is 1. The number of carbonyl (C=O) groups excluding carboxylic acids is 1. The van der Waals surface area contributed by atoms with E-state index >= 15 is 0 Å². The second-order valence-corrected chi connectivity index (χ2v) is 5.09. The predicted molar refractivity (Wildman–Crippen MR) is 77.1 cm³/mol. The van der Waals surface area contributed by atoms with Crippen molar-refractivity contribution in [3.05, 3.63) is 35.9 Å². The minimum atomic E-state index is -0.989. The summed E-state index contributed by atoms with van der Waals surface area (Å²) >= 11 is 0. The third-order valence-corrected chi connectivity index (χ3v) is 3.77. The third-order valence-electron chi connectivity index (χ3n) is 3.77. The summed E-state index contributed by atoms with van der Waals surface area (Å²) in [5, 5.41) is 11.4. The summed E-state index contributed by atoms with van der Waals surface area (Å²) in [5.74, 6) is -1.02. The molecule has 0 radical (unpaired) electrons. The zero-order valence-corrected chi connectivity index (χ0v) is 11.1. The van der Waals surface area contributed by atoms with Gasteiger partial charge in [-0.1, -0.05) is 18.6 Å². The maximum absolute atomic E-state index is 12.2. The topological polar surface area (TPSA) is 92.4 Å². The molecule has 0 atom stereocenters. The molecule has 0 saturated heterocycles. The predicted octanol–water partition coefficient (Wildman–Crippen LogP) is 1.85. The van der Waals surface area contributed by atoms with Gasteiger partial charge in [0.05, 0.1) is 5.41 Å². The number of aliphatic carboxylic acids is 1. The van der Waals surface area contributed by atoms with E-state index in [1.807, 2.05) is 0 Å². The number of amides is 1. The van der Waals surface area contributed by atoms with E-state index < -0.39 is 11.4 Å². The monoisotopic (exact) mass is 274 g/mol. The molecule has 0 aromatic heterocycles. The molecule has 4 N–H and O–H groups in total. The molecular formula is C15H18N2O3. The lowest BCUT2D eigenvalue weighted by atomic mass is 9.68. The van der Waals surface area contributed by atoms with E-state index in [0.717, 1.165) is 30.9 Å². The van der Waals surface area contributed by atoms with Gasteiger partial charge in [-0.05, 0) is 36.6 Å². The highest BCUT2D eigenvalue weighted by molar-refractivity contribution is 5.96. The summed E-state index contributed by atoms with van der Waals surface area (Å²) in [6, 6.07) is 7.01. The van der Waals surface area contributed by atoms with Gasteiger partial charge in [-0.15, -0.1) is 0 Å². The average molecular weight is 274 g/mol. The van der Waals surface area contributed by atoms with Crippen molar-refractivity contribution >= 4 is 23.6 Å². The number of carbonyl (C=O) groups is 2. The highest BCUT2D eigenvalue weighted by atomic mass is 16.4. The van der Waals surface area contributed by atoms with Gasteiger partial charge in [0.15, 0.2) is 0 Å². The first kappa shape index (κ1) is 14.3. The molecule has 5 nitrogen and oxygen atoms in total. The van der Waals surface area contributed by atoms with Gasteiger partial charge in [0, 0.05) is 18.3 Å². The lowest BCUT2D eigenvalue weighted by Gasteiger charge is -2.39. The van der Waals surface area contributed by atoms with Gasteiger partial charge >= 0.3 is 5.97 Å². The summed E-state index contributed by atoms with van der Waals surface area (Å²) < 4.78 is 0. The molecule has 1 aliphatic rings. The van der Waals surface area contributed by atoms with Gasteiger partial charge in [0.2, 0.25) is 5.91 Å². The van der Waals surface area contributed by atoms with Gasteiger partial charge in [-0.3, -0.25) is 4.79 Å². The Morgan fingerprint density at radius 2 is 1.95 bits per heavy atom. The zero-order valence-electron chi connectivity index (χ0n) is 11.1. The Hall–Kier alpha value is -2.14. The van der Waals surface area contributed by atoms with Crippen LogP contribution in [0.5, 0.6) is 0 Å². The van der Waals surface area contributed by atoms with Crippen LogP contribution in [-0.4, -0.2) is 23.5 Å². The van der Waals surface area contributed by atoms with Crippen molar-refractivity contribution in [1.82, 2.24) is 0 Å². The molecule has 106 valence electrons. The quantitative estimate of drug-likeness (QED) is 0.714. The van der Waals surface area contributed by atoms with Crippen LogP contribution in [0.25, 0.3) is 6.08 Å². The molecule has 1 fully saturated rings. The van der Waals surface area contributed by atoms with Gasteiger partial charge in [-0.2, -0.15) is 0 Å². The molecule has 0 unspecified atom stereocenters. The van der Waals surface area contributed by atoms with Crippen LogP contribution in [0.15, 0.2) is 30.3 Å². The van der Waals surface area contributed by atoms with Crippen LogP contribution in [0.4, 0.5) is 5.69 Å². The Labute approximate surface area is 117 Å². The first-order valence-electron chi connectivity index (χ1n) is 6.58. The van der Waals surface area contributed by atoms with Crippen LogP contribution in [0.1, 0.15) is 24.8 Å². The standard InChI is InChI=1S/C15H18N2O3/c16-10-15(8-1-9-15)14(20)17-12-5-2-11(3-6-12)4-7-13(18)19/h2-7H,1,8-10,16H2,(H,17,20)(H,18,19)/b7-4+. The van der Waals surface area contributed by atoms with Gasteiger partial charge in [0.25, 0.3) is 0 Å². The molecule has 2 rings (SSSR count). The van der Waals surface area contributed by atoms with Crippen LogP contribution in [-0.2, 0) is 9.59 Å². The fourth-order valence-corrected chi connectivity index (χ4v) is 2.24.